The van der Waals surface area contributed by atoms with E-state index in [0.717, 1.165) is 0 Å². The monoisotopic (exact) mass is 201 g/mol. The smallest absolute Gasteiger partial charge is 0.310 e. The van der Waals surface area contributed by atoms with E-state index in [4.69, 9.17) is 16.9 Å². The molecule has 5 N–H and O–H groups in total. The minimum Gasteiger partial charge on any atom is -0.386 e. The van der Waals surface area contributed by atoms with Crippen molar-refractivity contribution in [3.8, 4) is 0 Å². The molecule has 1 unspecified atom stereocenters. The number of hydrogen-bond donors (Lipinski definition) is 3. The molecule has 1 atom stereocenters. The van der Waals surface area contributed by atoms with Gasteiger partial charge in [0.05, 0.1) is 6.54 Å². The number of amidine groups is 1. The molecule has 1 saturated heterocycles. The SMILES string of the molecule is N=C(N)C1(N)CCCN([N+](=O)[O-])C1=O. The number of nitrogens with one attached hydrogen (secondary N) is 1. The van der Waals surface area contributed by atoms with Gasteiger partial charge in [0.1, 0.15) is 5.84 Å². The van der Waals surface area contributed by atoms with Gasteiger partial charge in [0.25, 0.3) is 0 Å². The molecule has 8 heteroatoms. The van der Waals surface area contributed by atoms with Gasteiger partial charge in [-0.1, -0.05) is 5.01 Å². The van der Waals surface area contributed by atoms with Crippen LogP contribution in [0.25, 0.3) is 0 Å². The van der Waals surface area contributed by atoms with Crippen molar-refractivity contribution in [1.82, 2.24) is 5.01 Å². The average Bonchev–Trinajstić information content (AvgIpc) is 2.09. The number of amides is 1. The van der Waals surface area contributed by atoms with Crippen LogP contribution < -0.4 is 11.5 Å². The highest BCUT2D eigenvalue weighted by atomic mass is 16.7. The minimum absolute atomic E-state index is 0.0120. The molecule has 78 valence electrons. The van der Waals surface area contributed by atoms with E-state index in [1.54, 1.807) is 0 Å². The van der Waals surface area contributed by atoms with Crippen LogP contribution in [0.15, 0.2) is 0 Å². The molecule has 1 rings (SSSR count). The van der Waals surface area contributed by atoms with Crippen LogP contribution >= 0.6 is 0 Å². The van der Waals surface area contributed by atoms with Gasteiger partial charge in [-0.2, -0.15) is 0 Å². The van der Waals surface area contributed by atoms with E-state index < -0.39 is 22.3 Å². The molecule has 1 aliphatic rings. The lowest BCUT2D eigenvalue weighted by Gasteiger charge is -2.32. The van der Waals surface area contributed by atoms with Gasteiger partial charge >= 0.3 is 5.91 Å². The van der Waals surface area contributed by atoms with Crippen molar-refractivity contribution < 1.29 is 9.83 Å². The van der Waals surface area contributed by atoms with Crippen molar-refractivity contribution in [3.05, 3.63) is 10.1 Å². The van der Waals surface area contributed by atoms with Crippen molar-refractivity contribution >= 4 is 11.7 Å². The highest BCUT2D eigenvalue weighted by Crippen LogP contribution is 2.19. The largest absolute Gasteiger partial charge is 0.386 e. The molecule has 0 aromatic rings. The highest BCUT2D eigenvalue weighted by Gasteiger charge is 2.48. The first-order chi connectivity index (χ1) is 6.39. The summed E-state index contributed by atoms with van der Waals surface area (Å²) in [5.41, 5.74) is 8.97. The van der Waals surface area contributed by atoms with E-state index in [0.29, 0.717) is 11.4 Å². The normalized spacial score (nSPS) is 27.5. The predicted molar refractivity (Wildman–Crippen MR) is 46.8 cm³/mol. The lowest BCUT2D eigenvalue weighted by atomic mass is 9.89. The number of carbonyl (C=O) groups is 1. The summed E-state index contributed by atoms with van der Waals surface area (Å²) in [6.45, 7) is 0.0120. The number of rotatable bonds is 2. The van der Waals surface area contributed by atoms with E-state index in [1.807, 2.05) is 0 Å². The molecule has 1 amide bonds. The Balaban J connectivity index is 2.97. The number of carbonyl (C=O) groups excluding carboxylic acids is 1. The van der Waals surface area contributed by atoms with Crippen LogP contribution in [0.5, 0.6) is 0 Å². The van der Waals surface area contributed by atoms with Crippen LogP contribution in [0, 0.1) is 15.5 Å². The van der Waals surface area contributed by atoms with Crippen LogP contribution in [0.4, 0.5) is 0 Å². The third-order valence-corrected chi connectivity index (χ3v) is 2.23. The summed E-state index contributed by atoms with van der Waals surface area (Å²) >= 11 is 0. The van der Waals surface area contributed by atoms with Crippen molar-refractivity contribution in [2.45, 2.75) is 18.4 Å². The topological polar surface area (TPSA) is 139 Å². The van der Waals surface area contributed by atoms with Gasteiger partial charge < -0.3 is 11.5 Å². The molecule has 0 radical (unpaired) electrons. The molecule has 0 aromatic carbocycles. The van der Waals surface area contributed by atoms with Gasteiger partial charge in [0, 0.05) is 0 Å². The quantitative estimate of drug-likeness (QED) is 0.214. The summed E-state index contributed by atoms with van der Waals surface area (Å²) < 4.78 is 0. The Hall–Kier alpha value is -1.70. The number of nitrogens with zero attached hydrogens (tertiary/aromatic N) is 2. The van der Waals surface area contributed by atoms with Gasteiger partial charge in [-0.25, -0.2) is 10.1 Å². The first-order valence-corrected chi connectivity index (χ1v) is 3.99. The Morgan fingerprint density at radius 3 is 2.71 bits per heavy atom. The molecule has 0 bridgehead atoms. The van der Waals surface area contributed by atoms with Crippen molar-refractivity contribution in [3.63, 3.8) is 0 Å². The number of nitro groups is 1. The molecular formula is C6H11N5O3. The molecule has 0 aliphatic carbocycles. The summed E-state index contributed by atoms with van der Waals surface area (Å²) in [5.74, 6) is -1.45. The molecular weight excluding hydrogens is 190 g/mol. The van der Waals surface area contributed by atoms with E-state index in [-0.39, 0.29) is 13.0 Å². The second-order valence-corrected chi connectivity index (χ2v) is 3.15. The third-order valence-electron chi connectivity index (χ3n) is 2.23. The average molecular weight is 201 g/mol. The van der Waals surface area contributed by atoms with Gasteiger partial charge in [0.15, 0.2) is 10.6 Å². The fraction of sp³-hybridized carbons (Fsp3) is 0.667. The molecule has 8 nitrogen and oxygen atoms in total. The lowest BCUT2D eigenvalue weighted by Crippen LogP contribution is -2.66. The first-order valence-electron chi connectivity index (χ1n) is 3.99. The third kappa shape index (κ3) is 1.39. The Morgan fingerprint density at radius 2 is 2.29 bits per heavy atom. The number of hydrazine groups is 1. The van der Waals surface area contributed by atoms with E-state index in [1.165, 1.54) is 0 Å². The standard InChI is InChI=1S/C6H11N5O3/c7-4(8)6(9)2-1-3-10(5(6)12)11(13)14/h1-3,9H2,(H3,7,8). The van der Waals surface area contributed by atoms with E-state index >= 15 is 0 Å². The molecule has 0 spiro atoms. The fourth-order valence-electron chi connectivity index (χ4n) is 1.35. The van der Waals surface area contributed by atoms with E-state index in [2.05, 4.69) is 0 Å². The van der Waals surface area contributed by atoms with Crippen LogP contribution in [-0.4, -0.2) is 33.9 Å². The van der Waals surface area contributed by atoms with Gasteiger partial charge in [-0.3, -0.25) is 10.2 Å². The van der Waals surface area contributed by atoms with Crippen LogP contribution in [0.3, 0.4) is 0 Å². The fourth-order valence-corrected chi connectivity index (χ4v) is 1.35. The van der Waals surface area contributed by atoms with Gasteiger partial charge in [0.2, 0.25) is 0 Å². The van der Waals surface area contributed by atoms with Crippen LogP contribution in [-0.2, 0) is 4.79 Å². The summed E-state index contributed by atoms with van der Waals surface area (Å²) in [6, 6.07) is 0. The number of nitrogens with two attached hydrogens (primary N) is 2. The zero-order valence-corrected chi connectivity index (χ0v) is 7.40. The highest BCUT2D eigenvalue weighted by molar-refractivity contribution is 6.09. The van der Waals surface area contributed by atoms with Gasteiger partial charge in [-0.15, -0.1) is 0 Å². The Kier molecular flexibility index (Phi) is 2.39. The predicted octanol–water partition coefficient (Wildman–Crippen LogP) is -1.57. The second kappa shape index (κ2) is 3.22. The molecule has 1 heterocycles. The number of piperidine rings is 1. The summed E-state index contributed by atoms with van der Waals surface area (Å²) in [4.78, 5) is 21.9. The maximum absolute atomic E-state index is 11.5. The zero-order valence-electron chi connectivity index (χ0n) is 7.40. The van der Waals surface area contributed by atoms with Crippen LogP contribution in [0.2, 0.25) is 0 Å². The summed E-state index contributed by atoms with van der Waals surface area (Å²) in [5, 5.41) is 17.1. The molecule has 1 aliphatic heterocycles. The van der Waals surface area contributed by atoms with Crippen molar-refractivity contribution in [2.24, 2.45) is 11.5 Å². The maximum Gasteiger partial charge on any atom is 0.310 e. The first kappa shape index (κ1) is 10.4. The van der Waals surface area contributed by atoms with E-state index in [9.17, 15) is 14.9 Å². The second-order valence-electron chi connectivity index (χ2n) is 3.15. The molecule has 0 aromatic heterocycles. The lowest BCUT2D eigenvalue weighted by molar-refractivity contribution is -0.636. The number of hydrogen-bond acceptors (Lipinski definition) is 5. The summed E-state index contributed by atoms with van der Waals surface area (Å²) in [6.07, 6.45) is 0.536. The molecule has 0 saturated carbocycles. The molecule has 1 fully saturated rings. The minimum atomic E-state index is -1.70. The zero-order chi connectivity index (χ0) is 10.9. The maximum atomic E-state index is 11.5. The van der Waals surface area contributed by atoms with Gasteiger partial charge in [-0.05, 0) is 12.8 Å². The Morgan fingerprint density at radius 1 is 1.71 bits per heavy atom. The van der Waals surface area contributed by atoms with Crippen molar-refractivity contribution in [2.75, 3.05) is 6.54 Å². The molecule has 14 heavy (non-hydrogen) atoms. The Bertz CT molecular complexity index is 304. The summed E-state index contributed by atoms with van der Waals surface area (Å²) in [7, 11) is 0. The van der Waals surface area contributed by atoms with Crippen LogP contribution in [0.1, 0.15) is 12.8 Å². The van der Waals surface area contributed by atoms with Crippen molar-refractivity contribution in [1.29, 1.82) is 5.41 Å². The Labute approximate surface area is 79.5 Å².